The minimum absolute atomic E-state index is 0.208. The summed E-state index contributed by atoms with van der Waals surface area (Å²) in [6, 6.07) is 19.4. The van der Waals surface area contributed by atoms with Crippen molar-refractivity contribution in [3.05, 3.63) is 71.9 Å². The number of aromatic nitrogens is 2. The first kappa shape index (κ1) is 19.6. The Kier molecular flexibility index (Phi) is 6.58. The highest BCUT2D eigenvalue weighted by molar-refractivity contribution is 5.92. The van der Waals surface area contributed by atoms with Gasteiger partial charge in [0, 0.05) is 5.69 Å². The molecule has 3 rings (SSSR count). The van der Waals surface area contributed by atoms with Crippen LogP contribution >= 0.6 is 0 Å². The molecule has 0 saturated heterocycles. The molecule has 0 bridgehead atoms. The number of ether oxygens (including phenoxy) is 2. The second-order valence-electron chi connectivity index (χ2n) is 5.90. The molecule has 1 heterocycles. The van der Waals surface area contributed by atoms with Crippen LogP contribution in [0.5, 0.6) is 11.5 Å². The Hall–Kier alpha value is -4.12. The molecule has 3 aromatic rings. The third-order valence-electron chi connectivity index (χ3n) is 3.90. The van der Waals surface area contributed by atoms with Crippen LogP contribution in [0.4, 0.5) is 11.5 Å². The monoisotopic (exact) mass is 389 g/mol. The van der Waals surface area contributed by atoms with Gasteiger partial charge in [0.2, 0.25) is 0 Å². The van der Waals surface area contributed by atoms with Crippen molar-refractivity contribution in [2.75, 3.05) is 25.6 Å². The number of methoxy groups -OCH3 is 1. The van der Waals surface area contributed by atoms with Gasteiger partial charge in [-0.15, -0.1) is 10.2 Å². The zero-order chi connectivity index (χ0) is 20.5. The standard InChI is InChI=1S/C21H19N5O3/c1-28-17-6-8-18(9-7-17)29-13-12-23-21(27)19-10-11-20(26-25-19)24-16-4-2-15(14-22)3-5-16/h2-11H,12-13H2,1H3,(H,23,27)(H,24,26). The van der Waals surface area contributed by atoms with Crippen molar-refractivity contribution in [3.8, 4) is 17.6 Å². The molecule has 0 aliphatic carbocycles. The average molecular weight is 389 g/mol. The molecule has 0 atom stereocenters. The minimum Gasteiger partial charge on any atom is -0.497 e. The van der Waals surface area contributed by atoms with Gasteiger partial charge in [0.1, 0.15) is 18.1 Å². The summed E-state index contributed by atoms with van der Waals surface area (Å²) in [4.78, 5) is 12.1. The molecule has 0 radical (unpaired) electrons. The highest BCUT2D eigenvalue weighted by Gasteiger charge is 2.08. The molecular formula is C21H19N5O3. The first-order valence-corrected chi connectivity index (χ1v) is 8.84. The topological polar surface area (TPSA) is 109 Å². The van der Waals surface area contributed by atoms with Gasteiger partial charge in [0.05, 0.1) is 25.3 Å². The zero-order valence-corrected chi connectivity index (χ0v) is 15.8. The van der Waals surface area contributed by atoms with E-state index in [1.54, 1.807) is 67.8 Å². The lowest BCUT2D eigenvalue weighted by molar-refractivity contribution is 0.0941. The summed E-state index contributed by atoms with van der Waals surface area (Å²) in [5.74, 6) is 1.61. The van der Waals surface area contributed by atoms with Gasteiger partial charge in [-0.3, -0.25) is 4.79 Å². The number of carbonyl (C=O) groups is 1. The number of benzene rings is 2. The predicted molar refractivity (Wildman–Crippen MR) is 107 cm³/mol. The Balaban J connectivity index is 1.45. The lowest BCUT2D eigenvalue weighted by Gasteiger charge is -2.08. The number of nitrogens with one attached hydrogen (secondary N) is 2. The molecule has 1 amide bonds. The molecule has 1 aromatic heterocycles. The summed E-state index contributed by atoms with van der Waals surface area (Å²) in [7, 11) is 1.60. The van der Waals surface area contributed by atoms with Crippen LogP contribution in [0.15, 0.2) is 60.7 Å². The van der Waals surface area contributed by atoms with Crippen molar-refractivity contribution in [1.29, 1.82) is 5.26 Å². The lowest BCUT2D eigenvalue weighted by atomic mass is 10.2. The number of carbonyl (C=O) groups excluding carboxylic acids is 1. The minimum atomic E-state index is -0.333. The number of rotatable bonds is 8. The summed E-state index contributed by atoms with van der Waals surface area (Å²) in [5.41, 5.74) is 1.55. The number of amides is 1. The average Bonchev–Trinajstić information content (AvgIpc) is 2.78. The molecule has 0 aliphatic heterocycles. The Morgan fingerprint density at radius 1 is 1.00 bits per heavy atom. The second kappa shape index (κ2) is 9.71. The molecule has 2 aromatic carbocycles. The maximum Gasteiger partial charge on any atom is 0.271 e. The van der Waals surface area contributed by atoms with E-state index >= 15 is 0 Å². The molecule has 0 saturated carbocycles. The molecule has 8 nitrogen and oxygen atoms in total. The quantitative estimate of drug-likeness (QED) is 0.570. The van der Waals surface area contributed by atoms with E-state index in [4.69, 9.17) is 14.7 Å². The van der Waals surface area contributed by atoms with E-state index in [2.05, 4.69) is 26.9 Å². The normalized spacial score (nSPS) is 9.93. The van der Waals surface area contributed by atoms with Crippen LogP contribution in [0, 0.1) is 11.3 Å². The SMILES string of the molecule is COc1ccc(OCCNC(=O)c2ccc(Nc3ccc(C#N)cc3)nn2)cc1. The predicted octanol–water partition coefficient (Wildman–Crippen LogP) is 2.91. The first-order chi connectivity index (χ1) is 14.2. The fourth-order valence-corrected chi connectivity index (χ4v) is 2.39. The number of hydrogen-bond donors (Lipinski definition) is 2. The Morgan fingerprint density at radius 3 is 2.34 bits per heavy atom. The van der Waals surface area contributed by atoms with Gasteiger partial charge in [-0.25, -0.2) is 0 Å². The third-order valence-corrected chi connectivity index (χ3v) is 3.90. The van der Waals surface area contributed by atoms with Gasteiger partial charge in [-0.05, 0) is 60.7 Å². The Bertz CT molecular complexity index is 981. The van der Waals surface area contributed by atoms with Gasteiger partial charge >= 0.3 is 0 Å². The van der Waals surface area contributed by atoms with E-state index in [0.717, 1.165) is 11.4 Å². The molecule has 0 spiro atoms. The van der Waals surface area contributed by atoms with Crippen molar-refractivity contribution in [2.45, 2.75) is 0 Å². The Labute approximate surface area is 168 Å². The molecule has 2 N–H and O–H groups in total. The maximum atomic E-state index is 12.1. The highest BCUT2D eigenvalue weighted by atomic mass is 16.5. The molecule has 0 unspecified atom stereocenters. The third kappa shape index (κ3) is 5.68. The van der Waals surface area contributed by atoms with E-state index < -0.39 is 0 Å². The highest BCUT2D eigenvalue weighted by Crippen LogP contribution is 2.17. The Morgan fingerprint density at radius 2 is 1.72 bits per heavy atom. The van der Waals surface area contributed by atoms with Gasteiger partial charge < -0.3 is 20.1 Å². The molecule has 8 heteroatoms. The fourth-order valence-electron chi connectivity index (χ4n) is 2.39. The molecular weight excluding hydrogens is 370 g/mol. The number of nitriles is 1. The van der Waals surface area contributed by atoms with Gasteiger partial charge in [-0.1, -0.05) is 0 Å². The van der Waals surface area contributed by atoms with Crippen LogP contribution in [0.25, 0.3) is 0 Å². The van der Waals surface area contributed by atoms with Gasteiger partial charge in [0.25, 0.3) is 5.91 Å². The van der Waals surface area contributed by atoms with Crippen LogP contribution in [0.3, 0.4) is 0 Å². The van der Waals surface area contributed by atoms with Crippen LogP contribution in [-0.2, 0) is 0 Å². The first-order valence-electron chi connectivity index (χ1n) is 8.84. The fraction of sp³-hybridized carbons (Fsp3) is 0.143. The van der Waals surface area contributed by atoms with Crippen molar-refractivity contribution in [3.63, 3.8) is 0 Å². The van der Waals surface area contributed by atoms with E-state index in [9.17, 15) is 4.79 Å². The zero-order valence-electron chi connectivity index (χ0n) is 15.8. The van der Waals surface area contributed by atoms with Gasteiger partial charge in [0.15, 0.2) is 11.5 Å². The smallest absolute Gasteiger partial charge is 0.271 e. The summed E-state index contributed by atoms with van der Waals surface area (Å²) < 4.78 is 10.6. The maximum absolute atomic E-state index is 12.1. The van der Waals surface area contributed by atoms with Crippen LogP contribution < -0.4 is 20.1 Å². The molecule has 29 heavy (non-hydrogen) atoms. The second-order valence-corrected chi connectivity index (χ2v) is 5.90. The number of hydrogen-bond acceptors (Lipinski definition) is 7. The van der Waals surface area contributed by atoms with Crippen LogP contribution in [0.1, 0.15) is 16.1 Å². The van der Waals surface area contributed by atoms with Crippen molar-refractivity contribution in [1.82, 2.24) is 15.5 Å². The summed E-state index contributed by atoms with van der Waals surface area (Å²) in [6.07, 6.45) is 0. The van der Waals surface area contributed by atoms with E-state index in [1.165, 1.54) is 0 Å². The van der Waals surface area contributed by atoms with E-state index in [-0.39, 0.29) is 11.6 Å². The van der Waals surface area contributed by atoms with E-state index in [0.29, 0.717) is 30.3 Å². The summed E-state index contributed by atoms with van der Waals surface area (Å²) >= 11 is 0. The summed E-state index contributed by atoms with van der Waals surface area (Å²) in [5, 5.41) is 22.5. The van der Waals surface area contributed by atoms with Crippen molar-refractivity contribution in [2.24, 2.45) is 0 Å². The number of nitrogens with zero attached hydrogens (tertiary/aromatic N) is 3. The molecule has 0 fully saturated rings. The molecule has 146 valence electrons. The van der Waals surface area contributed by atoms with Crippen LogP contribution in [-0.4, -0.2) is 36.4 Å². The van der Waals surface area contributed by atoms with Crippen LogP contribution in [0.2, 0.25) is 0 Å². The number of anilines is 2. The largest absolute Gasteiger partial charge is 0.497 e. The van der Waals surface area contributed by atoms with E-state index in [1.807, 2.05) is 0 Å². The van der Waals surface area contributed by atoms with Crippen molar-refractivity contribution >= 4 is 17.4 Å². The van der Waals surface area contributed by atoms with Crippen molar-refractivity contribution < 1.29 is 14.3 Å². The molecule has 0 aliphatic rings. The summed E-state index contributed by atoms with van der Waals surface area (Å²) in [6.45, 7) is 0.654. The van der Waals surface area contributed by atoms with Gasteiger partial charge in [-0.2, -0.15) is 5.26 Å². The lowest BCUT2D eigenvalue weighted by Crippen LogP contribution is -2.29.